The first-order valence-electron chi connectivity index (χ1n) is 7.20. The van der Waals surface area contributed by atoms with E-state index in [2.05, 4.69) is 12.2 Å². The van der Waals surface area contributed by atoms with Gasteiger partial charge in [0.2, 0.25) is 15.9 Å². The molecule has 7 heteroatoms. The monoisotopic (exact) mass is 305 g/mol. The molecule has 0 bridgehead atoms. The van der Waals surface area contributed by atoms with Crippen molar-refractivity contribution in [2.45, 2.75) is 26.2 Å². The summed E-state index contributed by atoms with van der Waals surface area (Å²) in [4.78, 5) is 13.9. The van der Waals surface area contributed by atoms with Crippen molar-refractivity contribution in [1.82, 2.24) is 14.5 Å². The fourth-order valence-electron chi connectivity index (χ4n) is 2.30. The van der Waals surface area contributed by atoms with Crippen LogP contribution in [0.2, 0.25) is 0 Å². The summed E-state index contributed by atoms with van der Waals surface area (Å²) >= 11 is 0. The summed E-state index contributed by atoms with van der Waals surface area (Å²) in [5.74, 6) is 0.796. The summed E-state index contributed by atoms with van der Waals surface area (Å²) in [7, 11) is -1.56. The lowest BCUT2D eigenvalue weighted by atomic mass is 10.00. The van der Waals surface area contributed by atoms with E-state index in [0.29, 0.717) is 32.0 Å². The van der Waals surface area contributed by atoms with Gasteiger partial charge < -0.3 is 10.2 Å². The zero-order chi connectivity index (χ0) is 15.2. The van der Waals surface area contributed by atoms with Gasteiger partial charge in [-0.3, -0.25) is 4.79 Å². The minimum atomic E-state index is -3.11. The smallest absolute Gasteiger partial charge is 0.223 e. The van der Waals surface area contributed by atoms with Crippen LogP contribution in [0.25, 0.3) is 0 Å². The quantitative estimate of drug-likeness (QED) is 0.678. The van der Waals surface area contributed by atoms with Gasteiger partial charge in [-0.05, 0) is 18.8 Å². The highest BCUT2D eigenvalue weighted by Gasteiger charge is 2.20. The van der Waals surface area contributed by atoms with Crippen molar-refractivity contribution in [2.75, 3.05) is 46.0 Å². The highest BCUT2D eigenvalue weighted by atomic mass is 32.2. The molecule has 1 heterocycles. The molecule has 1 rings (SSSR count). The summed E-state index contributed by atoms with van der Waals surface area (Å²) in [5.41, 5.74) is 0. The number of nitrogens with zero attached hydrogens (tertiary/aromatic N) is 2. The first kappa shape index (κ1) is 17.4. The molecule has 118 valence electrons. The highest BCUT2D eigenvalue weighted by Crippen LogP contribution is 2.15. The first-order chi connectivity index (χ1) is 9.30. The van der Waals surface area contributed by atoms with Crippen LogP contribution in [0.5, 0.6) is 0 Å². The molecule has 1 aliphatic heterocycles. The Kier molecular flexibility index (Phi) is 6.91. The number of sulfonamides is 1. The predicted octanol–water partition coefficient (Wildman–Crippen LogP) is 0.116. The van der Waals surface area contributed by atoms with Crippen LogP contribution < -0.4 is 5.32 Å². The van der Waals surface area contributed by atoms with Gasteiger partial charge >= 0.3 is 0 Å². The number of amides is 1. The molecule has 0 aromatic heterocycles. The molecule has 0 saturated carbocycles. The maximum Gasteiger partial charge on any atom is 0.223 e. The van der Waals surface area contributed by atoms with Gasteiger partial charge in [0.05, 0.1) is 6.26 Å². The number of piperidine rings is 1. The molecule has 1 fully saturated rings. The molecule has 1 amide bonds. The maximum absolute atomic E-state index is 12.0. The van der Waals surface area contributed by atoms with Crippen LogP contribution in [0.3, 0.4) is 0 Å². The Morgan fingerprint density at radius 2 is 2.10 bits per heavy atom. The Bertz CT molecular complexity index is 411. The van der Waals surface area contributed by atoms with Crippen molar-refractivity contribution >= 4 is 15.9 Å². The topological polar surface area (TPSA) is 69.7 Å². The average molecular weight is 305 g/mol. The molecule has 0 aliphatic carbocycles. The Morgan fingerprint density at radius 3 is 2.70 bits per heavy atom. The van der Waals surface area contributed by atoms with E-state index in [9.17, 15) is 13.2 Å². The van der Waals surface area contributed by atoms with Crippen LogP contribution in [-0.2, 0) is 14.8 Å². The molecule has 0 aromatic carbocycles. The third-order valence-corrected chi connectivity index (χ3v) is 5.01. The van der Waals surface area contributed by atoms with Gasteiger partial charge in [0, 0.05) is 46.2 Å². The zero-order valence-corrected chi connectivity index (χ0v) is 13.6. The van der Waals surface area contributed by atoms with E-state index in [1.54, 1.807) is 7.05 Å². The fourth-order valence-corrected chi connectivity index (χ4v) is 2.72. The maximum atomic E-state index is 12.0. The minimum absolute atomic E-state index is 0.195. The highest BCUT2D eigenvalue weighted by molar-refractivity contribution is 7.88. The van der Waals surface area contributed by atoms with Gasteiger partial charge in [0.15, 0.2) is 0 Å². The summed E-state index contributed by atoms with van der Waals surface area (Å²) < 4.78 is 23.7. The van der Waals surface area contributed by atoms with Gasteiger partial charge in [-0.15, -0.1) is 0 Å². The van der Waals surface area contributed by atoms with Gasteiger partial charge in [-0.25, -0.2) is 12.7 Å². The van der Waals surface area contributed by atoms with Gasteiger partial charge in [0.1, 0.15) is 0 Å². The van der Waals surface area contributed by atoms with Crippen LogP contribution in [0.4, 0.5) is 0 Å². The Balaban J connectivity index is 2.13. The van der Waals surface area contributed by atoms with E-state index < -0.39 is 10.0 Å². The van der Waals surface area contributed by atoms with Gasteiger partial charge in [0.25, 0.3) is 0 Å². The minimum Gasteiger partial charge on any atom is -0.342 e. The number of hydrogen-bond donors (Lipinski definition) is 1. The third kappa shape index (κ3) is 6.19. The van der Waals surface area contributed by atoms with Crippen molar-refractivity contribution in [1.29, 1.82) is 0 Å². The predicted molar refractivity (Wildman–Crippen MR) is 79.9 cm³/mol. The van der Waals surface area contributed by atoms with Crippen LogP contribution in [0, 0.1) is 5.92 Å². The van der Waals surface area contributed by atoms with Gasteiger partial charge in [-0.2, -0.15) is 0 Å². The molecule has 6 nitrogen and oxygen atoms in total. The Hall–Kier alpha value is -0.660. The molecule has 1 atom stereocenters. The molecule has 1 aliphatic rings. The molecule has 20 heavy (non-hydrogen) atoms. The molecule has 0 radical (unpaired) electrons. The third-order valence-electron chi connectivity index (χ3n) is 3.69. The second-order valence-electron chi connectivity index (χ2n) is 5.67. The lowest BCUT2D eigenvalue weighted by Crippen LogP contribution is -2.40. The second-order valence-corrected chi connectivity index (χ2v) is 7.76. The number of likely N-dealkylation sites (N-methyl/N-ethyl adjacent to an activating group) is 1. The molecule has 0 spiro atoms. The summed E-state index contributed by atoms with van der Waals surface area (Å²) in [5, 5.41) is 3.12. The SMILES string of the molecule is C[C@H]1CCCN(C(=O)CCNCCN(C)S(C)(=O)=O)C1. The number of rotatable bonds is 7. The molecule has 1 saturated heterocycles. The Labute approximate surface area is 122 Å². The van der Waals surface area contributed by atoms with Crippen molar-refractivity contribution in [3.63, 3.8) is 0 Å². The molecule has 1 N–H and O–H groups in total. The van der Waals surface area contributed by atoms with Crippen molar-refractivity contribution in [3.8, 4) is 0 Å². The average Bonchev–Trinajstić information content (AvgIpc) is 2.36. The molecule has 0 unspecified atom stereocenters. The van der Waals surface area contributed by atoms with E-state index in [-0.39, 0.29) is 5.91 Å². The number of hydrogen-bond acceptors (Lipinski definition) is 4. The van der Waals surface area contributed by atoms with Crippen LogP contribution >= 0.6 is 0 Å². The van der Waals surface area contributed by atoms with Crippen LogP contribution in [0.15, 0.2) is 0 Å². The first-order valence-corrected chi connectivity index (χ1v) is 9.05. The van der Waals surface area contributed by atoms with E-state index in [1.165, 1.54) is 17.0 Å². The standard InChI is InChI=1S/C13H27N3O3S/c1-12-5-4-9-16(11-12)13(17)6-7-14-8-10-15(2)20(3,18)19/h12,14H,4-11H2,1-3H3/t12-/m0/s1. The largest absolute Gasteiger partial charge is 0.342 e. The van der Waals surface area contributed by atoms with Crippen LogP contribution in [-0.4, -0.2) is 69.6 Å². The summed E-state index contributed by atoms with van der Waals surface area (Å²) in [6.07, 6.45) is 3.97. The lowest BCUT2D eigenvalue weighted by molar-refractivity contribution is -0.132. The normalized spacial score (nSPS) is 20.4. The second kappa shape index (κ2) is 7.95. The van der Waals surface area contributed by atoms with Crippen LogP contribution in [0.1, 0.15) is 26.2 Å². The number of likely N-dealkylation sites (tertiary alicyclic amines) is 1. The van der Waals surface area contributed by atoms with Gasteiger partial charge in [-0.1, -0.05) is 6.92 Å². The summed E-state index contributed by atoms with van der Waals surface area (Å²) in [6, 6.07) is 0. The summed E-state index contributed by atoms with van der Waals surface area (Å²) in [6.45, 7) is 5.51. The number of carbonyl (C=O) groups excluding carboxylic acids is 1. The van der Waals surface area contributed by atoms with E-state index in [0.717, 1.165) is 19.5 Å². The number of carbonyl (C=O) groups is 1. The van der Waals surface area contributed by atoms with E-state index in [4.69, 9.17) is 0 Å². The number of nitrogens with one attached hydrogen (secondary N) is 1. The van der Waals surface area contributed by atoms with Crippen molar-refractivity contribution in [2.24, 2.45) is 5.92 Å². The zero-order valence-electron chi connectivity index (χ0n) is 12.8. The fraction of sp³-hybridized carbons (Fsp3) is 0.923. The molecular weight excluding hydrogens is 278 g/mol. The van der Waals surface area contributed by atoms with Crippen molar-refractivity contribution < 1.29 is 13.2 Å². The van der Waals surface area contributed by atoms with E-state index >= 15 is 0 Å². The molecule has 0 aromatic rings. The molecular formula is C13H27N3O3S. The lowest BCUT2D eigenvalue weighted by Gasteiger charge is -2.31. The Morgan fingerprint density at radius 1 is 1.40 bits per heavy atom. The van der Waals surface area contributed by atoms with Crippen molar-refractivity contribution in [3.05, 3.63) is 0 Å². The van der Waals surface area contributed by atoms with E-state index in [1.807, 2.05) is 4.90 Å².